The average molecular weight is 299 g/mol. The number of benzene rings is 2. The van der Waals surface area contributed by atoms with Crippen LogP contribution in [0.25, 0.3) is 10.9 Å². The summed E-state index contributed by atoms with van der Waals surface area (Å²) in [6.07, 6.45) is 3.08. The van der Waals surface area contributed by atoms with Crippen molar-refractivity contribution in [2.75, 3.05) is 5.73 Å². The van der Waals surface area contributed by atoms with Crippen LogP contribution in [-0.2, 0) is 10.0 Å². The quantitative estimate of drug-likeness (QED) is 0.575. The van der Waals surface area contributed by atoms with Crippen LogP contribution in [0.15, 0.2) is 64.0 Å². The lowest BCUT2D eigenvalue weighted by atomic mass is 10.2. The largest absolute Gasteiger partial charge is 0.399 e. The Bertz CT molecular complexity index is 910. The summed E-state index contributed by atoms with van der Waals surface area (Å²) in [5.41, 5.74) is 7.72. The Labute approximate surface area is 122 Å². The number of rotatable bonds is 3. The summed E-state index contributed by atoms with van der Waals surface area (Å²) in [5.74, 6) is 0. The van der Waals surface area contributed by atoms with Gasteiger partial charge in [-0.05, 0) is 30.3 Å². The zero-order chi connectivity index (χ0) is 14.9. The van der Waals surface area contributed by atoms with Crippen LogP contribution in [0.3, 0.4) is 0 Å². The van der Waals surface area contributed by atoms with Crippen LogP contribution in [0, 0.1) is 0 Å². The lowest BCUT2D eigenvalue weighted by molar-refractivity contribution is 0.598. The Morgan fingerprint density at radius 1 is 1.05 bits per heavy atom. The molecule has 0 amide bonds. The third-order valence-corrected chi connectivity index (χ3v) is 4.38. The van der Waals surface area contributed by atoms with Gasteiger partial charge in [0.1, 0.15) is 0 Å². The molecule has 2 aromatic carbocycles. The summed E-state index contributed by atoms with van der Waals surface area (Å²) in [6.45, 7) is 0. The van der Waals surface area contributed by atoms with Gasteiger partial charge in [-0.25, -0.2) is 0 Å². The van der Waals surface area contributed by atoms with Gasteiger partial charge in [0.05, 0.1) is 4.90 Å². The number of nitrogens with one attached hydrogen (secondary N) is 1. The molecule has 1 heterocycles. The standard InChI is InChI=1S/C15H13N3O2S/c16-12-5-7-13(8-6-12)21(19,20)18-10-11-9-17-15-4-2-1-3-14(11)15/h1-10,17H,16H2/b18-10+. The van der Waals surface area contributed by atoms with Crippen LogP contribution in [-0.4, -0.2) is 19.6 Å². The van der Waals surface area contributed by atoms with E-state index in [1.165, 1.54) is 30.5 Å². The maximum atomic E-state index is 12.1. The summed E-state index contributed by atoms with van der Waals surface area (Å²) in [6, 6.07) is 13.6. The molecule has 0 spiro atoms. The minimum atomic E-state index is -3.72. The number of fused-ring (bicyclic) bond motifs is 1. The second-order valence-corrected chi connectivity index (χ2v) is 6.20. The van der Waals surface area contributed by atoms with Gasteiger partial charge in [0, 0.05) is 34.6 Å². The van der Waals surface area contributed by atoms with E-state index in [0.717, 1.165) is 16.5 Å². The number of aromatic amines is 1. The molecule has 6 heteroatoms. The Balaban J connectivity index is 1.96. The van der Waals surface area contributed by atoms with Gasteiger partial charge in [0.25, 0.3) is 10.0 Å². The summed E-state index contributed by atoms with van der Waals surface area (Å²) >= 11 is 0. The maximum Gasteiger partial charge on any atom is 0.282 e. The SMILES string of the molecule is Nc1ccc(S(=O)(=O)/N=C/c2c[nH]c3ccccc23)cc1. The number of aromatic nitrogens is 1. The third kappa shape index (κ3) is 2.66. The van der Waals surface area contributed by atoms with Crippen molar-refractivity contribution in [2.45, 2.75) is 4.90 Å². The molecule has 1 aromatic heterocycles. The van der Waals surface area contributed by atoms with Crippen LogP contribution >= 0.6 is 0 Å². The van der Waals surface area contributed by atoms with Crippen LogP contribution in [0.4, 0.5) is 5.69 Å². The van der Waals surface area contributed by atoms with Gasteiger partial charge in [0.2, 0.25) is 0 Å². The number of hydrogen-bond donors (Lipinski definition) is 2. The van der Waals surface area contributed by atoms with E-state index in [2.05, 4.69) is 9.38 Å². The number of hydrogen-bond acceptors (Lipinski definition) is 3. The number of anilines is 1. The molecule has 0 unspecified atom stereocenters. The van der Waals surface area contributed by atoms with E-state index in [1.807, 2.05) is 24.3 Å². The number of nitrogens with zero attached hydrogens (tertiary/aromatic N) is 1. The van der Waals surface area contributed by atoms with Crippen molar-refractivity contribution in [3.8, 4) is 0 Å². The molecule has 0 radical (unpaired) electrons. The summed E-state index contributed by atoms with van der Waals surface area (Å²) in [4.78, 5) is 3.19. The van der Waals surface area contributed by atoms with E-state index in [-0.39, 0.29) is 4.90 Å². The van der Waals surface area contributed by atoms with E-state index in [0.29, 0.717) is 5.69 Å². The highest BCUT2D eigenvalue weighted by atomic mass is 32.2. The van der Waals surface area contributed by atoms with Crippen molar-refractivity contribution in [1.82, 2.24) is 4.98 Å². The molecule has 0 aliphatic heterocycles. The number of H-pyrrole nitrogens is 1. The van der Waals surface area contributed by atoms with E-state index < -0.39 is 10.0 Å². The molecule has 0 saturated heterocycles. The van der Waals surface area contributed by atoms with Gasteiger partial charge >= 0.3 is 0 Å². The molecular weight excluding hydrogens is 286 g/mol. The van der Waals surface area contributed by atoms with Crippen molar-refractivity contribution in [3.63, 3.8) is 0 Å². The van der Waals surface area contributed by atoms with E-state index in [9.17, 15) is 8.42 Å². The fraction of sp³-hybridized carbons (Fsp3) is 0. The lowest BCUT2D eigenvalue weighted by Crippen LogP contribution is -1.98. The Morgan fingerprint density at radius 2 is 1.76 bits per heavy atom. The third-order valence-electron chi connectivity index (χ3n) is 3.13. The maximum absolute atomic E-state index is 12.1. The van der Waals surface area contributed by atoms with E-state index in [1.54, 1.807) is 6.20 Å². The predicted octanol–water partition coefficient (Wildman–Crippen LogP) is 2.56. The molecule has 0 bridgehead atoms. The number of sulfonamides is 1. The molecule has 3 aromatic rings. The summed E-state index contributed by atoms with van der Waals surface area (Å²) < 4.78 is 28.0. The molecule has 0 fully saturated rings. The minimum absolute atomic E-state index is 0.118. The highest BCUT2D eigenvalue weighted by Crippen LogP contribution is 2.18. The van der Waals surface area contributed by atoms with E-state index in [4.69, 9.17) is 5.73 Å². The Hall–Kier alpha value is -2.60. The molecule has 5 nitrogen and oxygen atoms in total. The van der Waals surface area contributed by atoms with Gasteiger partial charge in [-0.3, -0.25) is 0 Å². The first-order valence-electron chi connectivity index (χ1n) is 6.28. The van der Waals surface area contributed by atoms with Crippen LogP contribution in [0.2, 0.25) is 0 Å². The molecule has 3 N–H and O–H groups in total. The van der Waals surface area contributed by atoms with Crippen LogP contribution < -0.4 is 5.73 Å². The predicted molar refractivity (Wildman–Crippen MR) is 83.9 cm³/mol. The van der Waals surface area contributed by atoms with Crippen LogP contribution in [0.1, 0.15) is 5.56 Å². The Kier molecular flexibility index (Phi) is 3.23. The highest BCUT2D eigenvalue weighted by molar-refractivity contribution is 7.90. The number of nitrogen functional groups attached to an aromatic ring is 1. The topological polar surface area (TPSA) is 88.3 Å². The molecule has 0 aliphatic rings. The first-order chi connectivity index (χ1) is 10.1. The average Bonchev–Trinajstić information content (AvgIpc) is 2.89. The van der Waals surface area contributed by atoms with Gasteiger partial charge in [0.15, 0.2) is 0 Å². The zero-order valence-corrected chi connectivity index (χ0v) is 11.8. The minimum Gasteiger partial charge on any atom is -0.399 e. The Morgan fingerprint density at radius 3 is 2.52 bits per heavy atom. The van der Waals surface area contributed by atoms with Gasteiger partial charge in [-0.2, -0.15) is 12.8 Å². The van der Waals surface area contributed by atoms with Crippen molar-refractivity contribution in [2.24, 2.45) is 4.40 Å². The fourth-order valence-corrected chi connectivity index (χ4v) is 2.88. The zero-order valence-electron chi connectivity index (χ0n) is 11.0. The first kappa shape index (κ1) is 13.4. The molecule has 106 valence electrons. The smallest absolute Gasteiger partial charge is 0.282 e. The highest BCUT2D eigenvalue weighted by Gasteiger charge is 2.11. The second kappa shape index (κ2) is 5.06. The van der Waals surface area contributed by atoms with E-state index >= 15 is 0 Å². The molecule has 21 heavy (non-hydrogen) atoms. The first-order valence-corrected chi connectivity index (χ1v) is 7.72. The van der Waals surface area contributed by atoms with Crippen molar-refractivity contribution < 1.29 is 8.42 Å². The molecule has 0 atom stereocenters. The molecular formula is C15H13N3O2S. The molecule has 0 aliphatic carbocycles. The van der Waals surface area contributed by atoms with Gasteiger partial charge < -0.3 is 10.7 Å². The van der Waals surface area contributed by atoms with Gasteiger partial charge in [-0.1, -0.05) is 18.2 Å². The number of nitrogens with two attached hydrogens (primary N) is 1. The normalized spacial score (nSPS) is 12.2. The summed E-state index contributed by atoms with van der Waals surface area (Å²) in [5, 5.41) is 0.925. The van der Waals surface area contributed by atoms with Crippen molar-refractivity contribution in [3.05, 3.63) is 60.3 Å². The molecule has 0 saturated carbocycles. The molecule has 3 rings (SSSR count). The second-order valence-electron chi connectivity index (χ2n) is 4.57. The number of para-hydroxylation sites is 1. The monoisotopic (exact) mass is 299 g/mol. The lowest BCUT2D eigenvalue weighted by Gasteiger charge is -1.99. The van der Waals surface area contributed by atoms with Crippen LogP contribution in [0.5, 0.6) is 0 Å². The van der Waals surface area contributed by atoms with Crippen molar-refractivity contribution >= 4 is 32.8 Å². The fourth-order valence-electron chi connectivity index (χ4n) is 2.03. The summed E-state index contributed by atoms with van der Waals surface area (Å²) in [7, 11) is -3.72. The van der Waals surface area contributed by atoms with Gasteiger partial charge in [-0.15, -0.1) is 0 Å². The van der Waals surface area contributed by atoms with Crippen molar-refractivity contribution in [1.29, 1.82) is 0 Å².